The number of nitrogens with one attached hydrogen (secondary N) is 2. The molecule has 0 radical (unpaired) electrons. The van der Waals surface area contributed by atoms with E-state index in [1.165, 1.54) is 18.5 Å². The molecule has 3 aliphatic rings. The molecule has 0 spiro atoms. The molecule has 4 amide bonds. The Labute approximate surface area is 333 Å². The lowest BCUT2D eigenvalue weighted by molar-refractivity contribution is -0.139. The number of benzene rings is 3. The second-order valence-corrected chi connectivity index (χ2v) is 14.3. The number of aliphatic hydroxyl groups is 1. The SMILES string of the molecule is Nc1ncnc2c1c(-c1ccc(Oc3ccccc3)cc1)nn2C1CCN(CCOCCOCC(=O)Nc2ccc3c(c2)C(O)N(C2CCC(=O)NC2=O)C3=O)CC1. The average molecular weight is 790 g/mol. The van der Waals surface area contributed by atoms with Crippen molar-refractivity contribution in [3.8, 4) is 22.8 Å². The van der Waals surface area contributed by atoms with Crippen molar-refractivity contribution < 1.29 is 38.5 Å². The van der Waals surface area contributed by atoms with Gasteiger partial charge in [0.1, 0.15) is 42.0 Å². The lowest BCUT2D eigenvalue weighted by Gasteiger charge is -2.32. The van der Waals surface area contributed by atoms with Crippen LogP contribution in [-0.2, 0) is 23.9 Å². The molecule has 17 heteroatoms. The minimum absolute atomic E-state index is 0.0690. The quantitative estimate of drug-likeness (QED) is 0.0939. The van der Waals surface area contributed by atoms with E-state index in [-0.39, 0.29) is 43.2 Å². The van der Waals surface area contributed by atoms with Gasteiger partial charge in [0, 0.05) is 48.4 Å². The second kappa shape index (κ2) is 17.1. The summed E-state index contributed by atoms with van der Waals surface area (Å²) in [5, 5.41) is 21.6. The molecule has 2 aromatic heterocycles. The van der Waals surface area contributed by atoms with Gasteiger partial charge >= 0.3 is 0 Å². The summed E-state index contributed by atoms with van der Waals surface area (Å²) < 4.78 is 19.3. The molecule has 2 fully saturated rings. The zero-order valence-electron chi connectivity index (χ0n) is 31.6. The minimum atomic E-state index is -1.39. The maximum atomic E-state index is 13.0. The summed E-state index contributed by atoms with van der Waals surface area (Å²) in [4.78, 5) is 61.7. The summed E-state index contributed by atoms with van der Waals surface area (Å²) in [6.45, 7) is 3.29. The number of aromatic nitrogens is 4. The number of nitrogen functional groups attached to an aromatic ring is 1. The van der Waals surface area contributed by atoms with E-state index >= 15 is 0 Å². The Morgan fingerprint density at radius 3 is 2.45 bits per heavy atom. The number of carbonyl (C=O) groups excluding carboxylic acids is 4. The first-order valence-electron chi connectivity index (χ1n) is 19.2. The normalized spacial score (nSPS) is 18.7. The van der Waals surface area contributed by atoms with Crippen molar-refractivity contribution in [3.63, 3.8) is 0 Å². The molecule has 0 bridgehead atoms. The number of fused-ring (bicyclic) bond motifs is 2. The Morgan fingerprint density at radius 1 is 0.914 bits per heavy atom. The topological polar surface area (TPSA) is 216 Å². The molecule has 8 rings (SSSR count). The highest BCUT2D eigenvalue weighted by molar-refractivity contribution is 6.06. The van der Waals surface area contributed by atoms with Crippen molar-refractivity contribution in [1.82, 2.24) is 34.9 Å². The number of likely N-dealkylation sites (tertiary alicyclic amines) is 1. The number of aliphatic hydroxyl groups excluding tert-OH is 1. The molecule has 5 aromatic rings. The first-order valence-corrected chi connectivity index (χ1v) is 19.2. The van der Waals surface area contributed by atoms with Crippen molar-refractivity contribution in [1.29, 1.82) is 0 Å². The lowest BCUT2D eigenvalue weighted by atomic mass is 10.0. The number of anilines is 2. The molecule has 5 N–H and O–H groups in total. The van der Waals surface area contributed by atoms with Crippen molar-refractivity contribution in [2.45, 2.75) is 44.0 Å². The molecule has 0 saturated carbocycles. The highest BCUT2D eigenvalue weighted by atomic mass is 16.5. The van der Waals surface area contributed by atoms with Crippen LogP contribution in [0, 0.1) is 0 Å². The van der Waals surface area contributed by atoms with Gasteiger partial charge in [0.15, 0.2) is 11.9 Å². The summed E-state index contributed by atoms with van der Waals surface area (Å²) in [6, 6.07) is 21.1. The number of piperidine rings is 2. The molecule has 3 aliphatic heterocycles. The number of imide groups is 1. The highest BCUT2D eigenvalue weighted by Gasteiger charge is 2.44. The largest absolute Gasteiger partial charge is 0.457 e. The van der Waals surface area contributed by atoms with Crippen LogP contribution >= 0.6 is 0 Å². The smallest absolute Gasteiger partial charge is 0.257 e. The molecule has 300 valence electrons. The van der Waals surface area contributed by atoms with Crippen molar-refractivity contribution in [2.75, 3.05) is 57.1 Å². The lowest BCUT2D eigenvalue weighted by Crippen LogP contribution is -2.53. The number of ether oxygens (including phenoxy) is 3. The van der Waals surface area contributed by atoms with Crippen LogP contribution in [0.1, 0.15) is 53.9 Å². The van der Waals surface area contributed by atoms with E-state index in [2.05, 4.69) is 25.5 Å². The van der Waals surface area contributed by atoms with Crippen molar-refractivity contribution >= 4 is 46.2 Å². The molecule has 2 saturated heterocycles. The van der Waals surface area contributed by atoms with Gasteiger partial charge in [0.25, 0.3) is 5.91 Å². The summed E-state index contributed by atoms with van der Waals surface area (Å²) in [5.74, 6) is -0.117. The van der Waals surface area contributed by atoms with Gasteiger partial charge in [-0.1, -0.05) is 18.2 Å². The molecule has 0 aliphatic carbocycles. The summed E-state index contributed by atoms with van der Waals surface area (Å²) in [5.41, 5.74) is 9.57. The molecular weight excluding hydrogens is 747 g/mol. The predicted octanol–water partition coefficient (Wildman–Crippen LogP) is 3.43. The highest BCUT2D eigenvalue weighted by Crippen LogP contribution is 2.37. The van der Waals surface area contributed by atoms with Gasteiger partial charge in [-0.05, 0) is 73.9 Å². The van der Waals surface area contributed by atoms with Crippen LogP contribution in [0.2, 0.25) is 0 Å². The molecule has 2 atom stereocenters. The first-order chi connectivity index (χ1) is 28.2. The summed E-state index contributed by atoms with van der Waals surface area (Å²) >= 11 is 0. The third-order valence-corrected chi connectivity index (χ3v) is 10.6. The van der Waals surface area contributed by atoms with Crippen molar-refractivity contribution in [2.24, 2.45) is 0 Å². The second-order valence-electron chi connectivity index (χ2n) is 14.3. The van der Waals surface area contributed by atoms with Crippen LogP contribution < -0.4 is 21.1 Å². The Bertz CT molecular complexity index is 2310. The van der Waals surface area contributed by atoms with Crippen LogP contribution in [-0.4, -0.2) is 110 Å². The zero-order chi connectivity index (χ0) is 40.2. The fourth-order valence-corrected chi connectivity index (χ4v) is 7.63. The fourth-order valence-electron chi connectivity index (χ4n) is 7.63. The first kappa shape index (κ1) is 38.6. The zero-order valence-corrected chi connectivity index (χ0v) is 31.6. The van der Waals surface area contributed by atoms with Crippen LogP contribution in [0.25, 0.3) is 22.3 Å². The molecule has 3 aromatic carbocycles. The van der Waals surface area contributed by atoms with Crippen LogP contribution in [0.5, 0.6) is 11.5 Å². The maximum Gasteiger partial charge on any atom is 0.257 e. The molecule has 2 unspecified atom stereocenters. The number of nitrogens with two attached hydrogens (primary N) is 1. The van der Waals surface area contributed by atoms with Gasteiger partial charge in [-0.2, -0.15) is 5.10 Å². The van der Waals surface area contributed by atoms with E-state index in [9.17, 15) is 24.3 Å². The number of hydrogen-bond acceptors (Lipinski definition) is 13. The Kier molecular flexibility index (Phi) is 11.4. The van der Waals surface area contributed by atoms with Gasteiger partial charge in [0.2, 0.25) is 17.7 Å². The van der Waals surface area contributed by atoms with Gasteiger partial charge in [0.05, 0.1) is 31.2 Å². The summed E-state index contributed by atoms with van der Waals surface area (Å²) in [6.07, 6.45) is 2.03. The van der Waals surface area contributed by atoms with Crippen molar-refractivity contribution in [3.05, 3.63) is 90.3 Å². The van der Waals surface area contributed by atoms with E-state index in [0.717, 1.165) is 65.5 Å². The fraction of sp³-hybridized carbons (Fsp3) is 0.341. The number of carbonyl (C=O) groups is 4. The number of amides is 4. The molecule has 5 heterocycles. The molecule has 17 nitrogen and oxygen atoms in total. The van der Waals surface area contributed by atoms with Gasteiger partial charge in [-0.25, -0.2) is 14.6 Å². The van der Waals surface area contributed by atoms with E-state index < -0.39 is 35.9 Å². The average Bonchev–Trinajstić information content (AvgIpc) is 3.73. The maximum absolute atomic E-state index is 13.0. The Morgan fingerprint density at radius 2 is 1.67 bits per heavy atom. The number of rotatable bonds is 14. The van der Waals surface area contributed by atoms with E-state index in [4.69, 9.17) is 25.0 Å². The number of nitrogens with zero attached hydrogens (tertiary/aromatic N) is 6. The van der Waals surface area contributed by atoms with E-state index in [1.807, 2.05) is 59.3 Å². The third-order valence-electron chi connectivity index (χ3n) is 10.6. The predicted molar refractivity (Wildman–Crippen MR) is 210 cm³/mol. The molecular formula is C41H43N9O8. The molecule has 58 heavy (non-hydrogen) atoms. The number of hydrogen-bond donors (Lipinski definition) is 4. The minimum Gasteiger partial charge on any atom is -0.457 e. The van der Waals surface area contributed by atoms with E-state index in [0.29, 0.717) is 30.4 Å². The third kappa shape index (κ3) is 8.24. The van der Waals surface area contributed by atoms with Crippen LogP contribution in [0.4, 0.5) is 11.5 Å². The Hall–Kier alpha value is -6.27. The van der Waals surface area contributed by atoms with Gasteiger partial charge in [-0.3, -0.25) is 29.4 Å². The number of para-hydroxylation sites is 1. The van der Waals surface area contributed by atoms with Crippen LogP contribution in [0.3, 0.4) is 0 Å². The van der Waals surface area contributed by atoms with E-state index in [1.54, 1.807) is 6.07 Å². The standard InChI is InChI=1S/C41H43N9O8/c42-37-35-36(25-6-9-29(10-7-25)58-28-4-2-1-3-5-28)47-50(38(35)44-24-43-37)27-14-16-48(17-15-27)18-19-56-20-21-57-23-34(52)45-26-8-11-30-31(22-26)41(55)49(40(30)54)32-12-13-33(51)46-39(32)53/h1-11,22,24,27,32,41,55H,12-21,23H2,(H,45,52)(H2,42,43,44)(H,46,51,53). The Balaban J connectivity index is 0.757. The monoisotopic (exact) mass is 789 g/mol. The van der Waals surface area contributed by atoms with Gasteiger partial charge in [-0.15, -0.1) is 0 Å². The van der Waals surface area contributed by atoms with Gasteiger partial charge < -0.3 is 35.3 Å². The van der Waals surface area contributed by atoms with Crippen LogP contribution in [0.15, 0.2) is 79.1 Å². The summed E-state index contributed by atoms with van der Waals surface area (Å²) in [7, 11) is 0.